The maximum atomic E-state index is 13.7. The van der Waals surface area contributed by atoms with Gasteiger partial charge in [-0.2, -0.15) is 13.2 Å². The van der Waals surface area contributed by atoms with Crippen molar-refractivity contribution in [2.24, 2.45) is 0 Å². The van der Waals surface area contributed by atoms with Gasteiger partial charge >= 0.3 is 6.18 Å². The Bertz CT molecular complexity index is 871. The molecule has 0 aromatic heterocycles. The van der Waals surface area contributed by atoms with E-state index in [4.69, 9.17) is 9.47 Å². The highest BCUT2D eigenvalue weighted by Gasteiger charge is 2.33. The number of ether oxygens (including phenoxy) is 2. The molecule has 3 rings (SSSR count). The van der Waals surface area contributed by atoms with Gasteiger partial charge in [0.15, 0.2) is 6.79 Å². The van der Waals surface area contributed by atoms with Gasteiger partial charge in [0.25, 0.3) is 5.69 Å². The summed E-state index contributed by atoms with van der Waals surface area (Å²) in [5.74, 6) is 0.0183. The van der Waals surface area contributed by atoms with Crippen LogP contribution < -0.4 is 10.1 Å². The first-order valence-electron chi connectivity index (χ1n) is 7.87. The summed E-state index contributed by atoms with van der Waals surface area (Å²) < 4.78 is 62.4. The fourth-order valence-electron chi connectivity index (χ4n) is 2.78. The number of nitro benzene ring substituents is 1. The molecule has 0 fully saturated rings. The number of halogens is 4. The van der Waals surface area contributed by atoms with Crippen LogP contribution in [-0.4, -0.2) is 18.3 Å². The number of rotatable bonds is 5. The van der Waals surface area contributed by atoms with Gasteiger partial charge in [-0.3, -0.25) is 10.1 Å². The Hall–Kier alpha value is -2.88. The van der Waals surface area contributed by atoms with Crippen molar-refractivity contribution >= 4 is 11.4 Å². The number of nitrogens with one attached hydrogen (secondary N) is 1. The average Bonchev–Trinajstić information content (AvgIpc) is 2.60. The van der Waals surface area contributed by atoms with Gasteiger partial charge in [0.05, 0.1) is 17.1 Å². The lowest BCUT2D eigenvalue weighted by Crippen LogP contribution is -2.15. The van der Waals surface area contributed by atoms with E-state index in [0.717, 1.165) is 12.1 Å². The Labute approximate surface area is 150 Å². The summed E-state index contributed by atoms with van der Waals surface area (Å²) in [5.41, 5.74) is -0.752. The molecular weight excluding hydrogens is 372 g/mol. The highest BCUT2D eigenvalue weighted by atomic mass is 19.4. The van der Waals surface area contributed by atoms with E-state index in [1.807, 2.05) is 0 Å². The van der Waals surface area contributed by atoms with Crippen molar-refractivity contribution in [3.05, 3.63) is 63.0 Å². The van der Waals surface area contributed by atoms with Crippen LogP contribution in [0, 0.1) is 15.9 Å². The molecule has 10 heteroatoms. The van der Waals surface area contributed by atoms with Crippen molar-refractivity contribution in [2.75, 3.05) is 18.7 Å². The Morgan fingerprint density at radius 3 is 2.70 bits per heavy atom. The number of anilines is 1. The van der Waals surface area contributed by atoms with Crippen molar-refractivity contribution in [1.82, 2.24) is 0 Å². The lowest BCUT2D eigenvalue weighted by atomic mass is 10.1. The summed E-state index contributed by atoms with van der Waals surface area (Å²) >= 11 is 0. The zero-order valence-corrected chi connectivity index (χ0v) is 13.8. The van der Waals surface area contributed by atoms with Gasteiger partial charge in [-0.1, -0.05) is 0 Å². The predicted octanol–water partition coefficient (Wildman–Crippen LogP) is 4.27. The molecule has 0 atom stereocenters. The zero-order valence-electron chi connectivity index (χ0n) is 13.8. The third-order valence-corrected chi connectivity index (χ3v) is 3.98. The zero-order chi connectivity index (χ0) is 19.6. The van der Waals surface area contributed by atoms with Crippen molar-refractivity contribution in [1.29, 1.82) is 0 Å². The highest BCUT2D eigenvalue weighted by Crippen LogP contribution is 2.35. The summed E-state index contributed by atoms with van der Waals surface area (Å²) in [6.45, 7) is 0.369. The van der Waals surface area contributed by atoms with E-state index in [1.165, 1.54) is 12.1 Å². The number of fused-ring (bicyclic) bond motifs is 1. The second kappa shape index (κ2) is 7.39. The van der Waals surface area contributed by atoms with Crippen LogP contribution in [0.5, 0.6) is 5.75 Å². The number of benzene rings is 2. The molecule has 144 valence electrons. The molecule has 27 heavy (non-hydrogen) atoms. The minimum absolute atomic E-state index is 0.0312. The molecule has 2 aromatic carbocycles. The number of nitrogens with zero attached hydrogens (tertiary/aromatic N) is 1. The third kappa shape index (κ3) is 4.27. The lowest BCUT2D eigenvalue weighted by molar-refractivity contribution is -0.384. The first kappa shape index (κ1) is 18.9. The van der Waals surface area contributed by atoms with Gasteiger partial charge in [-0.05, 0) is 36.2 Å². The van der Waals surface area contributed by atoms with Gasteiger partial charge in [0.2, 0.25) is 0 Å². The van der Waals surface area contributed by atoms with E-state index in [1.54, 1.807) is 0 Å². The van der Waals surface area contributed by atoms with Crippen LogP contribution in [0.2, 0.25) is 0 Å². The Kier molecular flexibility index (Phi) is 5.17. The Morgan fingerprint density at radius 2 is 2.00 bits per heavy atom. The van der Waals surface area contributed by atoms with Crippen LogP contribution in [0.15, 0.2) is 30.3 Å². The number of alkyl halides is 3. The van der Waals surface area contributed by atoms with E-state index in [9.17, 15) is 27.7 Å². The van der Waals surface area contributed by atoms with Crippen molar-refractivity contribution in [3.8, 4) is 5.75 Å². The van der Waals surface area contributed by atoms with Crippen LogP contribution in [-0.2, 0) is 23.9 Å². The molecule has 0 spiro atoms. The quantitative estimate of drug-likeness (QED) is 0.472. The smallest absolute Gasteiger partial charge is 0.416 e. The van der Waals surface area contributed by atoms with Crippen LogP contribution in [0.25, 0.3) is 0 Å². The maximum Gasteiger partial charge on any atom is 0.416 e. The van der Waals surface area contributed by atoms with Gasteiger partial charge in [0, 0.05) is 18.2 Å². The molecule has 0 radical (unpaired) electrons. The molecule has 0 saturated carbocycles. The molecular formula is C17H14F4N2O4. The molecule has 1 aliphatic rings. The SMILES string of the molecule is O=[N+]([O-])c1cc(C(F)(F)F)ccc1NCCc1cc(F)cc2c1OCOC2. The van der Waals surface area contributed by atoms with Gasteiger partial charge < -0.3 is 14.8 Å². The van der Waals surface area contributed by atoms with E-state index in [0.29, 0.717) is 22.9 Å². The standard InChI is InChI=1S/C17H14F4N2O4/c18-13-5-10(16-11(6-13)8-26-9-27-16)3-4-22-14-2-1-12(17(19,20)21)7-15(14)23(24)25/h1-2,5-7,22H,3-4,8-9H2. The van der Waals surface area contributed by atoms with Crippen LogP contribution in [0.3, 0.4) is 0 Å². The first-order chi connectivity index (χ1) is 12.8. The van der Waals surface area contributed by atoms with E-state index >= 15 is 0 Å². The number of hydrogen-bond donors (Lipinski definition) is 1. The largest absolute Gasteiger partial charge is 0.467 e. The second-order valence-electron chi connectivity index (χ2n) is 5.83. The molecule has 0 amide bonds. The first-order valence-corrected chi connectivity index (χ1v) is 7.87. The summed E-state index contributed by atoms with van der Waals surface area (Å²) in [4.78, 5) is 10.2. The molecule has 0 saturated heterocycles. The molecule has 0 aliphatic carbocycles. The Balaban J connectivity index is 1.76. The van der Waals surface area contributed by atoms with Crippen molar-refractivity contribution < 1.29 is 32.0 Å². The fraction of sp³-hybridized carbons (Fsp3) is 0.294. The van der Waals surface area contributed by atoms with Crippen LogP contribution in [0.1, 0.15) is 16.7 Å². The van der Waals surface area contributed by atoms with Crippen LogP contribution in [0.4, 0.5) is 28.9 Å². The normalized spacial score (nSPS) is 13.6. The minimum Gasteiger partial charge on any atom is -0.467 e. The lowest BCUT2D eigenvalue weighted by Gasteiger charge is -2.21. The fourth-order valence-corrected chi connectivity index (χ4v) is 2.78. The highest BCUT2D eigenvalue weighted by molar-refractivity contribution is 5.63. The molecule has 1 N–H and O–H groups in total. The molecule has 1 aliphatic heterocycles. The van der Waals surface area contributed by atoms with E-state index in [-0.39, 0.29) is 32.1 Å². The third-order valence-electron chi connectivity index (χ3n) is 3.98. The summed E-state index contributed by atoms with van der Waals surface area (Å²) in [6.07, 6.45) is -4.43. The molecule has 1 heterocycles. The predicted molar refractivity (Wildman–Crippen MR) is 87.0 cm³/mol. The van der Waals surface area contributed by atoms with Gasteiger partial charge in [0.1, 0.15) is 17.3 Å². The molecule has 6 nitrogen and oxygen atoms in total. The minimum atomic E-state index is -4.68. The maximum absolute atomic E-state index is 13.7. The van der Waals surface area contributed by atoms with Crippen molar-refractivity contribution in [3.63, 3.8) is 0 Å². The number of nitro groups is 1. The summed E-state index contributed by atoms with van der Waals surface area (Å²) in [6, 6.07) is 4.83. The monoisotopic (exact) mass is 386 g/mol. The summed E-state index contributed by atoms with van der Waals surface area (Å²) in [7, 11) is 0. The van der Waals surface area contributed by atoms with Gasteiger partial charge in [-0.25, -0.2) is 4.39 Å². The van der Waals surface area contributed by atoms with E-state index < -0.39 is 28.2 Å². The van der Waals surface area contributed by atoms with Crippen molar-refractivity contribution in [2.45, 2.75) is 19.2 Å². The van der Waals surface area contributed by atoms with E-state index in [2.05, 4.69) is 5.32 Å². The van der Waals surface area contributed by atoms with Gasteiger partial charge in [-0.15, -0.1) is 0 Å². The second-order valence-corrected chi connectivity index (χ2v) is 5.83. The molecule has 2 aromatic rings. The Morgan fingerprint density at radius 1 is 1.22 bits per heavy atom. The average molecular weight is 386 g/mol. The molecule has 0 unspecified atom stereocenters. The molecule has 0 bridgehead atoms. The number of hydrogen-bond acceptors (Lipinski definition) is 5. The summed E-state index contributed by atoms with van der Waals surface area (Å²) in [5, 5.41) is 13.8. The topological polar surface area (TPSA) is 73.6 Å². The van der Waals surface area contributed by atoms with Crippen LogP contribution >= 0.6 is 0 Å².